The molecule has 39 heavy (non-hydrogen) atoms. The molecule has 0 unspecified atom stereocenters. The zero-order valence-electron chi connectivity index (χ0n) is 22.1. The SMILES string of the molecule is CC(C)(C)CS(=O)(=O)c1cccc2c(NC(=O)[C@H](Cc3ccc(F)cc3)NC(=O)c3ccccc3)cccc12. The Morgan fingerprint density at radius 1 is 0.821 bits per heavy atom. The van der Waals surface area contributed by atoms with Crippen LogP contribution in [0.3, 0.4) is 0 Å². The lowest BCUT2D eigenvalue weighted by Crippen LogP contribution is -2.45. The van der Waals surface area contributed by atoms with Crippen LogP contribution >= 0.6 is 0 Å². The highest BCUT2D eigenvalue weighted by molar-refractivity contribution is 7.91. The van der Waals surface area contributed by atoms with Gasteiger partial charge >= 0.3 is 0 Å². The third-order valence-corrected chi connectivity index (χ3v) is 8.38. The second-order valence-corrected chi connectivity index (χ2v) is 12.6. The second-order valence-electron chi connectivity index (χ2n) is 10.7. The molecule has 0 fully saturated rings. The average Bonchev–Trinajstić information content (AvgIpc) is 2.88. The molecule has 0 saturated heterocycles. The number of hydrogen-bond donors (Lipinski definition) is 2. The molecular weight excluding hydrogens is 515 g/mol. The molecule has 0 bridgehead atoms. The summed E-state index contributed by atoms with van der Waals surface area (Å²) in [6.45, 7) is 5.60. The van der Waals surface area contributed by atoms with Crippen molar-refractivity contribution in [3.05, 3.63) is 108 Å². The highest BCUT2D eigenvalue weighted by atomic mass is 32.2. The highest BCUT2D eigenvalue weighted by Gasteiger charge is 2.26. The van der Waals surface area contributed by atoms with Gasteiger partial charge in [-0.3, -0.25) is 9.59 Å². The third-order valence-electron chi connectivity index (χ3n) is 6.11. The third kappa shape index (κ3) is 7.09. The van der Waals surface area contributed by atoms with Gasteiger partial charge in [-0.2, -0.15) is 0 Å². The molecule has 202 valence electrons. The maximum Gasteiger partial charge on any atom is 0.251 e. The van der Waals surface area contributed by atoms with Gasteiger partial charge in [0.25, 0.3) is 5.91 Å². The molecule has 8 heteroatoms. The van der Waals surface area contributed by atoms with Gasteiger partial charge in [-0.25, -0.2) is 12.8 Å². The Labute approximate surface area is 228 Å². The van der Waals surface area contributed by atoms with Crippen LogP contribution in [0.4, 0.5) is 10.1 Å². The maximum absolute atomic E-state index is 13.5. The predicted octanol–water partition coefficient (Wildman–Crippen LogP) is 5.78. The highest BCUT2D eigenvalue weighted by Crippen LogP contribution is 2.31. The molecule has 0 aliphatic rings. The fourth-order valence-corrected chi connectivity index (χ4v) is 6.52. The number of benzene rings is 4. The van der Waals surface area contributed by atoms with E-state index in [-0.39, 0.29) is 17.1 Å². The van der Waals surface area contributed by atoms with E-state index in [9.17, 15) is 22.4 Å². The summed E-state index contributed by atoms with van der Waals surface area (Å²) in [6, 6.07) is 23.3. The first-order valence-electron chi connectivity index (χ1n) is 12.6. The molecular formula is C31H31FN2O4S. The van der Waals surface area contributed by atoms with Crippen molar-refractivity contribution >= 4 is 38.1 Å². The van der Waals surface area contributed by atoms with Gasteiger partial charge in [-0.05, 0) is 47.4 Å². The Hall–Kier alpha value is -4.04. The van der Waals surface area contributed by atoms with E-state index in [1.165, 1.54) is 12.1 Å². The number of halogens is 1. The van der Waals surface area contributed by atoms with Crippen molar-refractivity contribution in [1.82, 2.24) is 5.32 Å². The fraction of sp³-hybridized carbons (Fsp3) is 0.226. The maximum atomic E-state index is 13.5. The Bertz CT molecular complexity index is 1600. The Balaban J connectivity index is 1.66. The Morgan fingerprint density at radius 3 is 2.13 bits per heavy atom. The molecule has 4 aromatic rings. The molecule has 0 aromatic heterocycles. The largest absolute Gasteiger partial charge is 0.340 e. The first-order chi connectivity index (χ1) is 18.4. The van der Waals surface area contributed by atoms with E-state index >= 15 is 0 Å². The first kappa shape index (κ1) is 28.0. The van der Waals surface area contributed by atoms with Crippen molar-refractivity contribution in [2.45, 2.75) is 38.1 Å². The molecule has 0 heterocycles. The number of sulfone groups is 1. The molecule has 0 saturated carbocycles. The van der Waals surface area contributed by atoms with E-state index in [2.05, 4.69) is 10.6 Å². The van der Waals surface area contributed by atoms with Gasteiger partial charge in [0.2, 0.25) is 5.91 Å². The summed E-state index contributed by atoms with van der Waals surface area (Å²) in [4.78, 5) is 26.7. The predicted molar refractivity (Wildman–Crippen MR) is 152 cm³/mol. The van der Waals surface area contributed by atoms with E-state index in [1.54, 1.807) is 78.9 Å². The van der Waals surface area contributed by atoms with Gasteiger partial charge in [0, 0.05) is 28.4 Å². The smallest absolute Gasteiger partial charge is 0.251 e. The van der Waals surface area contributed by atoms with E-state index < -0.39 is 38.9 Å². The minimum Gasteiger partial charge on any atom is -0.340 e. The van der Waals surface area contributed by atoms with Crippen LogP contribution in [0.5, 0.6) is 0 Å². The molecule has 0 spiro atoms. The zero-order valence-corrected chi connectivity index (χ0v) is 22.9. The second kappa shape index (κ2) is 11.4. The van der Waals surface area contributed by atoms with Crippen LogP contribution in [0.2, 0.25) is 0 Å². The molecule has 0 aliphatic carbocycles. The van der Waals surface area contributed by atoms with E-state index in [1.807, 2.05) is 20.8 Å². The van der Waals surface area contributed by atoms with Crippen LogP contribution in [-0.2, 0) is 21.1 Å². The van der Waals surface area contributed by atoms with Crippen molar-refractivity contribution in [3.8, 4) is 0 Å². The average molecular weight is 547 g/mol. The van der Waals surface area contributed by atoms with Gasteiger partial charge < -0.3 is 10.6 Å². The van der Waals surface area contributed by atoms with E-state index in [0.29, 0.717) is 27.6 Å². The van der Waals surface area contributed by atoms with Crippen LogP contribution in [0.15, 0.2) is 95.9 Å². The van der Waals surface area contributed by atoms with E-state index in [4.69, 9.17) is 0 Å². The minimum atomic E-state index is -3.60. The summed E-state index contributed by atoms with van der Waals surface area (Å²) in [7, 11) is -3.60. The summed E-state index contributed by atoms with van der Waals surface area (Å²) in [5, 5.41) is 6.73. The Morgan fingerprint density at radius 2 is 1.46 bits per heavy atom. The monoisotopic (exact) mass is 546 g/mol. The molecule has 2 N–H and O–H groups in total. The number of carbonyl (C=O) groups excluding carboxylic acids is 2. The molecule has 4 aromatic carbocycles. The number of carbonyl (C=O) groups is 2. The quantitative estimate of drug-likeness (QED) is 0.293. The van der Waals surface area contributed by atoms with E-state index in [0.717, 1.165) is 0 Å². The lowest BCUT2D eigenvalue weighted by molar-refractivity contribution is -0.118. The summed E-state index contributed by atoms with van der Waals surface area (Å²) < 4.78 is 39.9. The number of fused-ring (bicyclic) bond motifs is 1. The number of nitrogens with one attached hydrogen (secondary N) is 2. The zero-order chi connectivity index (χ0) is 28.2. The number of hydrogen-bond acceptors (Lipinski definition) is 4. The molecule has 6 nitrogen and oxygen atoms in total. The topological polar surface area (TPSA) is 92.3 Å². The van der Waals surface area contributed by atoms with Crippen molar-refractivity contribution in [2.75, 3.05) is 11.1 Å². The number of rotatable bonds is 8. The summed E-state index contributed by atoms with van der Waals surface area (Å²) in [5.41, 5.74) is 1.05. The molecule has 4 rings (SSSR count). The van der Waals surface area contributed by atoms with Gasteiger partial charge in [-0.15, -0.1) is 0 Å². The van der Waals surface area contributed by atoms with Crippen LogP contribution in [0.25, 0.3) is 10.8 Å². The molecule has 1 atom stereocenters. The lowest BCUT2D eigenvalue weighted by Gasteiger charge is -2.21. The van der Waals surface area contributed by atoms with Crippen LogP contribution in [0.1, 0.15) is 36.7 Å². The van der Waals surface area contributed by atoms with Crippen molar-refractivity contribution in [3.63, 3.8) is 0 Å². The summed E-state index contributed by atoms with van der Waals surface area (Å²) >= 11 is 0. The first-order valence-corrected chi connectivity index (χ1v) is 14.2. The molecule has 0 aliphatic heterocycles. The van der Waals surface area contributed by atoms with Crippen LogP contribution < -0.4 is 10.6 Å². The van der Waals surface area contributed by atoms with Crippen molar-refractivity contribution in [1.29, 1.82) is 0 Å². The number of anilines is 1. The van der Waals surface area contributed by atoms with Gasteiger partial charge in [-0.1, -0.05) is 75.4 Å². The van der Waals surface area contributed by atoms with Crippen LogP contribution in [-0.4, -0.2) is 32.0 Å². The van der Waals surface area contributed by atoms with Gasteiger partial charge in [0.05, 0.1) is 10.6 Å². The Kier molecular flexibility index (Phi) is 8.16. The minimum absolute atomic E-state index is 0.0268. The standard InChI is InChI=1S/C31H31FN2O4S/c1-31(2,3)20-39(37,38)28-14-8-11-24-25(28)12-7-13-26(24)33-30(36)27(19-21-15-17-23(32)18-16-21)34-29(35)22-9-5-4-6-10-22/h4-18,27H,19-20H2,1-3H3,(H,33,36)(H,34,35)/t27-/m0/s1. The normalized spacial score (nSPS) is 12.6. The van der Waals surface area contributed by atoms with Gasteiger partial charge in [0.15, 0.2) is 9.84 Å². The molecule has 2 amide bonds. The number of amides is 2. The van der Waals surface area contributed by atoms with Gasteiger partial charge in [0.1, 0.15) is 11.9 Å². The van der Waals surface area contributed by atoms with Crippen LogP contribution in [0, 0.1) is 11.2 Å². The van der Waals surface area contributed by atoms with Crippen molar-refractivity contribution < 1.29 is 22.4 Å². The fourth-order valence-electron chi connectivity index (χ4n) is 4.43. The van der Waals surface area contributed by atoms with Crippen molar-refractivity contribution in [2.24, 2.45) is 5.41 Å². The molecule has 0 radical (unpaired) electrons. The summed E-state index contributed by atoms with van der Waals surface area (Å²) in [6.07, 6.45) is 0.126. The lowest BCUT2D eigenvalue weighted by atomic mass is 10.0. The summed E-state index contributed by atoms with van der Waals surface area (Å²) in [5.74, 6) is -1.34.